The van der Waals surface area contributed by atoms with E-state index < -0.39 is 11.9 Å². The zero-order valence-electron chi connectivity index (χ0n) is 8.09. The van der Waals surface area contributed by atoms with E-state index in [2.05, 4.69) is 0 Å². The van der Waals surface area contributed by atoms with Crippen LogP contribution in [0.1, 0.15) is 25.0 Å². The number of aliphatic hydroxyl groups excluding tert-OH is 1. The maximum atomic E-state index is 9.65. The Morgan fingerprint density at radius 2 is 1.86 bits per heavy atom. The largest absolute Gasteiger partial charge is 0.388 e. The molecule has 0 saturated carbocycles. The molecule has 3 N–H and O–H groups in total. The first kappa shape index (κ1) is 11.2. The third-order valence-electron chi connectivity index (χ3n) is 2.14. The Labute approximate surface area is 83.6 Å². The van der Waals surface area contributed by atoms with E-state index >= 15 is 0 Å². The highest BCUT2D eigenvalue weighted by atomic mass is 16.5. The lowest BCUT2D eigenvalue weighted by atomic mass is 10.00. The molecule has 0 spiro atoms. The van der Waals surface area contributed by atoms with Gasteiger partial charge in [-0.2, -0.15) is 0 Å². The van der Waals surface area contributed by atoms with Crippen LogP contribution in [0.5, 0.6) is 0 Å². The fourth-order valence-electron chi connectivity index (χ4n) is 1.20. The summed E-state index contributed by atoms with van der Waals surface area (Å²) in [5.74, 6) is -1.91. The van der Waals surface area contributed by atoms with Crippen molar-refractivity contribution in [1.29, 1.82) is 0 Å². The average molecular weight is 195 g/mol. The SMILES string of the molecule is C[CH]C(O)(O)CC(O)c1ccccc1. The van der Waals surface area contributed by atoms with Crippen molar-refractivity contribution in [3.8, 4) is 0 Å². The van der Waals surface area contributed by atoms with E-state index in [0.717, 1.165) is 0 Å². The highest BCUT2D eigenvalue weighted by Crippen LogP contribution is 2.23. The monoisotopic (exact) mass is 195 g/mol. The van der Waals surface area contributed by atoms with Gasteiger partial charge in [0.05, 0.1) is 6.10 Å². The molecule has 0 fully saturated rings. The maximum absolute atomic E-state index is 9.65. The Bertz CT molecular complexity index is 269. The molecule has 0 amide bonds. The van der Waals surface area contributed by atoms with Crippen LogP contribution < -0.4 is 0 Å². The standard InChI is InChI=1S/C11H15O3/c1-2-11(13,14)8-10(12)9-6-4-3-5-7-9/h2-7,10,12-14H,8H2,1H3. The van der Waals surface area contributed by atoms with Crippen molar-refractivity contribution < 1.29 is 15.3 Å². The molecule has 0 aliphatic rings. The Morgan fingerprint density at radius 1 is 1.29 bits per heavy atom. The van der Waals surface area contributed by atoms with Gasteiger partial charge >= 0.3 is 0 Å². The van der Waals surface area contributed by atoms with Crippen LogP contribution in [-0.2, 0) is 0 Å². The topological polar surface area (TPSA) is 60.7 Å². The van der Waals surface area contributed by atoms with E-state index in [1.807, 2.05) is 6.07 Å². The fourth-order valence-corrected chi connectivity index (χ4v) is 1.20. The molecule has 3 nitrogen and oxygen atoms in total. The van der Waals surface area contributed by atoms with Gasteiger partial charge in [0.2, 0.25) is 0 Å². The molecule has 1 unspecified atom stereocenters. The highest BCUT2D eigenvalue weighted by molar-refractivity contribution is 5.17. The molecule has 0 aliphatic carbocycles. The van der Waals surface area contributed by atoms with E-state index in [9.17, 15) is 15.3 Å². The quantitative estimate of drug-likeness (QED) is 0.628. The zero-order valence-corrected chi connectivity index (χ0v) is 8.09. The first-order valence-corrected chi connectivity index (χ1v) is 4.53. The molecule has 0 aromatic heterocycles. The van der Waals surface area contributed by atoms with Gasteiger partial charge in [-0.15, -0.1) is 0 Å². The van der Waals surface area contributed by atoms with Crippen molar-refractivity contribution in [3.63, 3.8) is 0 Å². The smallest absolute Gasteiger partial charge is 0.168 e. The summed E-state index contributed by atoms with van der Waals surface area (Å²) in [6, 6.07) is 8.93. The van der Waals surface area contributed by atoms with Gasteiger partial charge in [-0.25, -0.2) is 0 Å². The van der Waals surface area contributed by atoms with E-state index in [0.29, 0.717) is 5.56 Å². The minimum absolute atomic E-state index is 0.118. The molecular formula is C11H15O3. The minimum atomic E-state index is -1.91. The van der Waals surface area contributed by atoms with Crippen molar-refractivity contribution in [1.82, 2.24) is 0 Å². The summed E-state index contributed by atoms with van der Waals surface area (Å²) in [7, 11) is 0. The van der Waals surface area contributed by atoms with Crippen LogP contribution in [0.3, 0.4) is 0 Å². The Kier molecular flexibility index (Phi) is 3.63. The van der Waals surface area contributed by atoms with Crippen LogP contribution in [0, 0.1) is 6.42 Å². The summed E-state index contributed by atoms with van der Waals surface area (Å²) < 4.78 is 0. The van der Waals surface area contributed by atoms with Crippen molar-refractivity contribution >= 4 is 0 Å². The number of hydrogen-bond acceptors (Lipinski definition) is 3. The predicted molar refractivity (Wildman–Crippen MR) is 53.2 cm³/mol. The predicted octanol–water partition coefficient (Wildman–Crippen LogP) is 1.02. The summed E-state index contributed by atoms with van der Waals surface area (Å²) in [6.07, 6.45) is 0.273. The lowest BCUT2D eigenvalue weighted by Gasteiger charge is -2.22. The third-order valence-corrected chi connectivity index (χ3v) is 2.14. The molecule has 1 aromatic rings. The molecule has 0 saturated heterocycles. The molecule has 0 bridgehead atoms. The molecule has 14 heavy (non-hydrogen) atoms. The van der Waals surface area contributed by atoms with Crippen molar-refractivity contribution in [2.75, 3.05) is 0 Å². The Morgan fingerprint density at radius 3 is 2.36 bits per heavy atom. The van der Waals surface area contributed by atoms with Gasteiger partial charge in [0.25, 0.3) is 0 Å². The van der Waals surface area contributed by atoms with Gasteiger partial charge in [0.1, 0.15) is 0 Å². The third kappa shape index (κ3) is 3.10. The van der Waals surface area contributed by atoms with Gasteiger partial charge in [0.15, 0.2) is 5.79 Å². The lowest BCUT2D eigenvalue weighted by molar-refractivity contribution is -0.154. The fraction of sp³-hybridized carbons (Fsp3) is 0.364. The molecule has 1 rings (SSSR count). The molecule has 0 heterocycles. The van der Waals surface area contributed by atoms with Gasteiger partial charge in [-0.3, -0.25) is 0 Å². The minimum Gasteiger partial charge on any atom is -0.388 e. The summed E-state index contributed by atoms with van der Waals surface area (Å²) in [5, 5.41) is 28.2. The molecule has 3 heteroatoms. The summed E-state index contributed by atoms with van der Waals surface area (Å²) in [5.41, 5.74) is 0.682. The van der Waals surface area contributed by atoms with Crippen LogP contribution in [0.4, 0.5) is 0 Å². The van der Waals surface area contributed by atoms with Gasteiger partial charge in [-0.1, -0.05) is 37.3 Å². The first-order chi connectivity index (χ1) is 6.55. The summed E-state index contributed by atoms with van der Waals surface area (Å²) in [4.78, 5) is 0. The second kappa shape index (κ2) is 4.55. The van der Waals surface area contributed by atoms with Crippen molar-refractivity contribution in [3.05, 3.63) is 42.3 Å². The Balaban J connectivity index is 2.64. The van der Waals surface area contributed by atoms with Crippen LogP contribution in [-0.4, -0.2) is 21.1 Å². The van der Waals surface area contributed by atoms with Crippen molar-refractivity contribution in [2.24, 2.45) is 0 Å². The second-order valence-corrected chi connectivity index (χ2v) is 3.30. The average Bonchev–Trinajstić information content (AvgIpc) is 2.19. The van der Waals surface area contributed by atoms with Crippen LogP contribution in [0.2, 0.25) is 0 Å². The van der Waals surface area contributed by atoms with E-state index in [4.69, 9.17) is 0 Å². The molecular weight excluding hydrogens is 180 g/mol. The number of hydrogen-bond donors (Lipinski definition) is 3. The molecule has 1 aromatic carbocycles. The van der Waals surface area contributed by atoms with Crippen molar-refractivity contribution in [2.45, 2.75) is 25.2 Å². The maximum Gasteiger partial charge on any atom is 0.168 e. The van der Waals surface area contributed by atoms with Gasteiger partial charge in [0, 0.05) is 12.8 Å². The highest BCUT2D eigenvalue weighted by Gasteiger charge is 2.25. The summed E-state index contributed by atoms with van der Waals surface area (Å²) >= 11 is 0. The number of aliphatic hydroxyl groups is 3. The zero-order chi connectivity index (χ0) is 10.6. The lowest BCUT2D eigenvalue weighted by Crippen LogP contribution is -2.29. The van der Waals surface area contributed by atoms with E-state index in [-0.39, 0.29) is 6.42 Å². The Hall–Kier alpha value is -0.900. The second-order valence-electron chi connectivity index (χ2n) is 3.30. The molecule has 0 aliphatic heterocycles. The van der Waals surface area contributed by atoms with Crippen LogP contribution in [0.15, 0.2) is 30.3 Å². The number of benzene rings is 1. The molecule has 1 radical (unpaired) electrons. The number of rotatable bonds is 4. The van der Waals surface area contributed by atoms with E-state index in [1.165, 1.54) is 13.3 Å². The normalized spacial score (nSPS) is 14.0. The van der Waals surface area contributed by atoms with E-state index in [1.54, 1.807) is 24.3 Å². The van der Waals surface area contributed by atoms with Crippen LogP contribution >= 0.6 is 0 Å². The first-order valence-electron chi connectivity index (χ1n) is 4.53. The van der Waals surface area contributed by atoms with Crippen LogP contribution in [0.25, 0.3) is 0 Å². The van der Waals surface area contributed by atoms with Gasteiger partial charge < -0.3 is 15.3 Å². The van der Waals surface area contributed by atoms with Gasteiger partial charge in [-0.05, 0) is 5.56 Å². The molecule has 77 valence electrons. The summed E-state index contributed by atoms with van der Waals surface area (Å²) in [6.45, 7) is 1.54. The molecule has 1 atom stereocenters.